The van der Waals surface area contributed by atoms with E-state index in [0.29, 0.717) is 12.6 Å². The molecule has 0 saturated carbocycles. The summed E-state index contributed by atoms with van der Waals surface area (Å²) in [6.45, 7) is 5.74. The Morgan fingerprint density at radius 2 is 2.21 bits per heavy atom. The molecule has 80 valence electrons. The Kier molecular flexibility index (Phi) is 4.70. The second-order valence-electron chi connectivity index (χ2n) is 3.26. The fraction of sp³-hybridized carbons (Fsp3) is 0.636. The van der Waals surface area contributed by atoms with Crippen LogP contribution >= 0.6 is 0 Å². The van der Waals surface area contributed by atoms with Gasteiger partial charge in [-0.05, 0) is 25.1 Å². The topological polar surface area (TPSA) is 34.4 Å². The zero-order chi connectivity index (χ0) is 10.4. The Labute approximate surface area is 85.4 Å². The Morgan fingerprint density at radius 1 is 1.43 bits per heavy atom. The summed E-state index contributed by atoms with van der Waals surface area (Å²) in [5.74, 6) is 1.89. The van der Waals surface area contributed by atoms with E-state index in [-0.39, 0.29) is 0 Å². The van der Waals surface area contributed by atoms with Crippen LogP contribution in [0.2, 0.25) is 0 Å². The monoisotopic (exact) mass is 197 g/mol. The standard InChI is InChI=1S/C11H19NO2/c1-4-10(12-5-2)11-7-6-9(14-11)8-13-3/h6-7,10,12H,4-5,8H2,1-3H3. The molecule has 1 aromatic rings. The molecule has 0 aliphatic rings. The van der Waals surface area contributed by atoms with Crippen LogP contribution in [0.5, 0.6) is 0 Å². The molecule has 14 heavy (non-hydrogen) atoms. The molecule has 0 radical (unpaired) electrons. The summed E-state index contributed by atoms with van der Waals surface area (Å²) in [5, 5.41) is 3.37. The van der Waals surface area contributed by atoms with Crippen molar-refractivity contribution in [3.8, 4) is 0 Å². The number of methoxy groups -OCH3 is 1. The molecule has 1 heterocycles. The lowest BCUT2D eigenvalue weighted by atomic mass is 10.2. The van der Waals surface area contributed by atoms with Gasteiger partial charge in [0.05, 0.1) is 6.04 Å². The van der Waals surface area contributed by atoms with Gasteiger partial charge >= 0.3 is 0 Å². The van der Waals surface area contributed by atoms with Gasteiger partial charge in [0, 0.05) is 7.11 Å². The predicted molar refractivity (Wildman–Crippen MR) is 56.1 cm³/mol. The maximum Gasteiger partial charge on any atom is 0.129 e. The van der Waals surface area contributed by atoms with Crippen molar-refractivity contribution in [2.45, 2.75) is 32.9 Å². The summed E-state index contributed by atoms with van der Waals surface area (Å²) < 4.78 is 10.6. The van der Waals surface area contributed by atoms with Gasteiger partial charge in [-0.3, -0.25) is 0 Å². The van der Waals surface area contributed by atoms with Crippen molar-refractivity contribution < 1.29 is 9.15 Å². The summed E-state index contributed by atoms with van der Waals surface area (Å²) in [6, 6.07) is 4.31. The normalized spacial score (nSPS) is 13.1. The van der Waals surface area contributed by atoms with Gasteiger partial charge in [0.25, 0.3) is 0 Å². The molecule has 0 fully saturated rings. The number of furan rings is 1. The number of nitrogens with one attached hydrogen (secondary N) is 1. The highest BCUT2D eigenvalue weighted by Gasteiger charge is 2.11. The maximum absolute atomic E-state index is 5.64. The second-order valence-corrected chi connectivity index (χ2v) is 3.26. The molecule has 0 aromatic carbocycles. The van der Waals surface area contributed by atoms with E-state index in [9.17, 15) is 0 Å². The lowest BCUT2D eigenvalue weighted by molar-refractivity contribution is 0.161. The van der Waals surface area contributed by atoms with Gasteiger partial charge in [-0.2, -0.15) is 0 Å². The summed E-state index contributed by atoms with van der Waals surface area (Å²) in [6.07, 6.45) is 1.04. The number of rotatable bonds is 6. The highest BCUT2D eigenvalue weighted by Crippen LogP contribution is 2.19. The maximum atomic E-state index is 5.64. The van der Waals surface area contributed by atoms with E-state index < -0.39 is 0 Å². The van der Waals surface area contributed by atoms with Crippen LogP contribution in [-0.2, 0) is 11.3 Å². The summed E-state index contributed by atoms with van der Waals surface area (Å²) in [5.41, 5.74) is 0. The van der Waals surface area contributed by atoms with Crippen LogP contribution in [0.25, 0.3) is 0 Å². The smallest absolute Gasteiger partial charge is 0.129 e. The van der Waals surface area contributed by atoms with E-state index in [1.807, 2.05) is 12.1 Å². The molecule has 0 amide bonds. The molecular formula is C11H19NO2. The molecule has 0 saturated heterocycles. The number of hydrogen-bond donors (Lipinski definition) is 1. The number of ether oxygens (including phenoxy) is 1. The second kappa shape index (κ2) is 5.83. The summed E-state index contributed by atoms with van der Waals surface area (Å²) in [7, 11) is 1.67. The molecule has 1 atom stereocenters. The van der Waals surface area contributed by atoms with Gasteiger partial charge in [0.15, 0.2) is 0 Å². The Balaban J connectivity index is 2.63. The zero-order valence-corrected chi connectivity index (χ0v) is 9.17. The minimum absolute atomic E-state index is 0.325. The predicted octanol–water partition coefficient (Wildman–Crippen LogP) is 2.49. The van der Waals surface area contributed by atoms with E-state index in [0.717, 1.165) is 24.5 Å². The van der Waals surface area contributed by atoms with Crippen LogP contribution in [0.15, 0.2) is 16.5 Å². The van der Waals surface area contributed by atoms with Gasteiger partial charge in [-0.25, -0.2) is 0 Å². The van der Waals surface area contributed by atoms with Crippen LogP contribution in [0.1, 0.15) is 37.8 Å². The molecule has 0 spiro atoms. The first kappa shape index (κ1) is 11.3. The van der Waals surface area contributed by atoms with Crippen LogP contribution < -0.4 is 5.32 Å². The molecule has 1 aromatic heterocycles. The highest BCUT2D eigenvalue weighted by molar-refractivity contribution is 5.10. The van der Waals surface area contributed by atoms with Crippen molar-refractivity contribution >= 4 is 0 Å². The quantitative estimate of drug-likeness (QED) is 0.760. The summed E-state index contributed by atoms with van der Waals surface area (Å²) in [4.78, 5) is 0. The first-order valence-electron chi connectivity index (χ1n) is 5.12. The Morgan fingerprint density at radius 3 is 2.79 bits per heavy atom. The molecule has 1 rings (SSSR count). The largest absolute Gasteiger partial charge is 0.462 e. The van der Waals surface area contributed by atoms with Crippen molar-refractivity contribution in [1.29, 1.82) is 0 Å². The molecule has 3 heteroatoms. The molecule has 3 nitrogen and oxygen atoms in total. The van der Waals surface area contributed by atoms with Crippen LogP contribution in [0.3, 0.4) is 0 Å². The minimum Gasteiger partial charge on any atom is -0.462 e. The molecule has 1 unspecified atom stereocenters. The van der Waals surface area contributed by atoms with E-state index in [2.05, 4.69) is 19.2 Å². The van der Waals surface area contributed by atoms with Gasteiger partial charge in [0.1, 0.15) is 18.1 Å². The minimum atomic E-state index is 0.325. The average molecular weight is 197 g/mol. The Bertz CT molecular complexity index is 258. The zero-order valence-electron chi connectivity index (χ0n) is 9.17. The average Bonchev–Trinajstić information content (AvgIpc) is 2.63. The fourth-order valence-electron chi connectivity index (χ4n) is 1.49. The van der Waals surface area contributed by atoms with Gasteiger partial charge in [-0.1, -0.05) is 13.8 Å². The van der Waals surface area contributed by atoms with Crippen molar-refractivity contribution in [1.82, 2.24) is 5.32 Å². The molecule has 1 N–H and O–H groups in total. The third-order valence-electron chi connectivity index (χ3n) is 2.17. The molecule has 0 aliphatic carbocycles. The van der Waals surface area contributed by atoms with Crippen LogP contribution in [0, 0.1) is 0 Å². The molecule has 0 aliphatic heterocycles. The first-order valence-corrected chi connectivity index (χ1v) is 5.12. The SMILES string of the molecule is CCNC(CC)c1ccc(COC)o1. The van der Waals surface area contributed by atoms with Gasteiger partial charge < -0.3 is 14.5 Å². The van der Waals surface area contributed by atoms with Crippen molar-refractivity contribution in [3.05, 3.63) is 23.7 Å². The van der Waals surface area contributed by atoms with Crippen LogP contribution in [-0.4, -0.2) is 13.7 Å². The molecular weight excluding hydrogens is 178 g/mol. The summed E-state index contributed by atoms with van der Waals surface area (Å²) >= 11 is 0. The van der Waals surface area contributed by atoms with Gasteiger partial charge in [0.2, 0.25) is 0 Å². The van der Waals surface area contributed by atoms with E-state index in [1.165, 1.54) is 0 Å². The third kappa shape index (κ3) is 2.86. The van der Waals surface area contributed by atoms with Crippen molar-refractivity contribution in [3.63, 3.8) is 0 Å². The third-order valence-corrected chi connectivity index (χ3v) is 2.17. The lowest BCUT2D eigenvalue weighted by Crippen LogP contribution is -2.19. The lowest BCUT2D eigenvalue weighted by Gasteiger charge is -2.12. The highest BCUT2D eigenvalue weighted by atomic mass is 16.5. The van der Waals surface area contributed by atoms with Crippen molar-refractivity contribution in [2.75, 3.05) is 13.7 Å². The van der Waals surface area contributed by atoms with Gasteiger partial charge in [-0.15, -0.1) is 0 Å². The van der Waals surface area contributed by atoms with Crippen LogP contribution in [0.4, 0.5) is 0 Å². The number of hydrogen-bond acceptors (Lipinski definition) is 3. The van der Waals surface area contributed by atoms with E-state index >= 15 is 0 Å². The van der Waals surface area contributed by atoms with E-state index in [1.54, 1.807) is 7.11 Å². The first-order chi connectivity index (χ1) is 6.81. The van der Waals surface area contributed by atoms with E-state index in [4.69, 9.17) is 9.15 Å². The van der Waals surface area contributed by atoms with Crippen molar-refractivity contribution in [2.24, 2.45) is 0 Å². The fourth-order valence-corrected chi connectivity index (χ4v) is 1.49. The molecule has 0 bridgehead atoms. The Hall–Kier alpha value is -0.800.